The van der Waals surface area contributed by atoms with E-state index in [1.807, 2.05) is 13.0 Å². The topological polar surface area (TPSA) is 21.3 Å². The fourth-order valence-corrected chi connectivity index (χ4v) is 2.33. The Morgan fingerprint density at radius 2 is 1.90 bits per heavy atom. The lowest BCUT2D eigenvalue weighted by Crippen LogP contribution is -2.23. The second kappa shape index (κ2) is 6.68. The third kappa shape index (κ3) is 3.39. The Bertz CT molecular complexity index is 628. The van der Waals surface area contributed by atoms with E-state index in [1.54, 1.807) is 19.1 Å². The Morgan fingerprint density at radius 3 is 2.52 bits per heavy atom. The SMILES string of the molecule is CCNC(c1ccc(C)c(F)c1)c1cc(F)ccc1OC. The molecule has 0 spiro atoms. The number of hydrogen-bond acceptors (Lipinski definition) is 2. The van der Waals surface area contributed by atoms with Crippen LogP contribution < -0.4 is 10.1 Å². The molecule has 2 nitrogen and oxygen atoms in total. The van der Waals surface area contributed by atoms with Crippen molar-refractivity contribution >= 4 is 0 Å². The van der Waals surface area contributed by atoms with Crippen molar-refractivity contribution in [1.29, 1.82) is 0 Å². The number of nitrogens with one attached hydrogen (secondary N) is 1. The highest BCUT2D eigenvalue weighted by atomic mass is 19.1. The Balaban J connectivity index is 2.52. The lowest BCUT2D eigenvalue weighted by Gasteiger charge is -2.21. The molecule has 4 heteroatoms. The van der Waals surface area contributed by atoms with Crippen molar-refractivity contribution in [2.75, 3.05) is 13.7 Å². The van der Waals surface area contributed by atoms with Crippen LogP contribution in [0.1, 0.15) is 29.7 Å². The van der Waals surface area contributed by atoms with Gasteiger partial charge in [-0.1, -0.05) is 19.1 Å². The first-order valence-electron chi connectivity index (χ1n) is 6.89. The molecule has 2 aromatic carbocycles. The van der Waals surface area contributed by atoms with E-state index in [4.69, 9.17) is 4.74 Å². The van der Waals surface area contributed by atoms with E-state index in [-0.39, 0.29) is 17.7 Å². The summed E-state index contributed by atoms with van der Waals surface area (Å²) in [4.78, 5) is 0. The van der Waals surface area contributed by atoms with Gasteiger partial charge in [0.05, 0.1) is 13.2 Å². The minimum Gasteiger partial charge on any atom is -0.496 e. The van der Waals surface area contributed by atoms with Crippen LogP contribution in [0.15, 0.2) is 36.4 Å². The van der Waals surface area contributed by atoms with Crippen LogP contribution in [0.25, 0.3) is 0 Å². The van der Waals surface area contributed by atoms with E-state index in [2.05, 4.69) is 5.32 Å². The molecule has 2 rings (SSSR count). The highest BCUT2D eigenvalue weighted by Crippen LogP contribution is 2.31. The molecule has 1 N–H and O–H groups in total. The molecule has 21 heavy (non-hydrogen) atoms. The number of hydrogen-bond donors (Lipinski definition) is 1. The summed E-state index contributed by atoms with van der Waals surface area (Å²) in [5.74, 6) is -0.0459. The summed E-state index contributed by atoms with van der Waals surface area (Å²) < 4.78 is 32.7. The molecule has 1 atom stereocenters. The monoisotopic (exact) mass is 291 g/mol. The number of ether oxygens (including phenoxy) is 1. The van der Waals surface area contributed by atoms with Gasteiger partial charge in [0.2, 0.25) is 0 Å². The van der Waals surface area contributed by atoms with Gasteiger partial charge in [-0.25, -0.2) is 8.78 Å². The standard InChI is InChI=1S/C17H19F2NO/c1-4-20-17(12-6-5-11(2)15(19)9-12)14-10-13(18)7-8-16(14)21-3/h5-10,17,20H,4H2,1-3H3. The van der Waals surface area contributed by atoms with Gasteiger partial charge in [0.15, 0.2) is 0 Å². The third-order valence-corrected chi connectivity index (χ3v) is 3.44. The fourth-order valence-electron chi connectivity index (χ4n) is 2.33. The normalized spacial score (nSPS) is 12.2. The van der Waals surface area contributed by atoms with Crippen LogP contribution in [0.5, 0.6) is 5.75 Å². The Morgan fingerprint density at radius 1 is 1.14 bits per heavy atom. The molecule has 0 bridgehead atoms. The summed E-state index contributed by atoms with van der Waals surface area (Å²) in [6, 6.07) is 9.07. The average Bonchev–Trinajstić information content (AvgIpc) is 2.48. The highest BCUT2D eigenvalue weighted by molar-refractivity contribution is 5.42. The lowest BCUT2D eigenvalue weighted by molar-refractivity contribution is 0.402. The van der Waals surface area contributed by atoms with Gasteiger partial charge in [-0.2, -0.15) is 0 Å². The second-order valence-corrected chi connectivity index (χ2v) is 4.89. The van der Waals surface area contributed by atoms with Crippen molar-refractivity contribution in [3.8, 4) is 5.75 Å². The van der Waals surface area contributed by atoms with Gasteiger partial charge in [0.1, 0.15) is 17.4 Å². The lowest BCUT2D eigenvalue weighted by atomic mass is 9.96. The van der Waals surface area contributed by atoms with E-state index in [9.17, 15) is 8.78 Å². The van der Waals surface area contributed by atoms with Crippen LogP contribution >= 0.6 is 0 Å². The maximum absolute atomic E-state index is 13.8. The van der Waals surface area contributed by atoms with Gasteiger partial charge in [0, 0.05) is 5.56 Å². The van der Waals surface area contributed by atoms with Gasteiger partial charge in [0.25, 0.3) is 0 Å². The maximum Gasteiger partial charge on any atom is 0.126 e. The van der Waals surface area contributed by atoms with Crippen LogP contribution in [0.4, 0.5) is 8.78 Å². The second-order valence-electron chi connectivity index (χ2n) is 4.89. The van der Waals surface area contributed by atoms with Gasteiger partial charge >= 0.3 is 0 Å². The first-order valence-corrected chi connectivity index (χ1v) is 6.89. The summed E-state index contributed by atoms with van der Waals surface area (Å²) in [7, 11) is 1.54. The van der Waals surface area contributed by atoms with Crippen molar-refractivity contribution < 1.29 is 13.5 Å². The molecule has 0 saturated heterocycles. The van der Waals surface area contributed by atoms with Crippen LogP contribution in [0.3, 0.4) is 0 Å². The smallest absolute Gasteiger partial charge is 0.126 e. The van der Waals surface area contributed by atoms with Crippen LogP contribution in [0, 0.1) is 18.6 Å². The summed E-state index contributed by atoms with van der Waals surface area (Å²) in [6.45, 7) is 4.33. The summed E-state index contributed by atoms with van der Waals surface area (Å²) in [5.41, 5.74) is 1.98. The van der Waals surface area contributed by atoms with E-state index in [1.165, 1.54) is 25.3 Å². The quantitative estimate of drug-likeness (QED) is 0.899. The van der Waals surface area contributed by atoms with Crippen molar-refractivity contribution in [2.45, 2.75) is 19.9 Å². The summed E-state index contributed by atoms with van der Waals surface area (Å²) in [5, 5.41) is 3.25. The Kier molecular flexibility index (Phi) is 4.91. The van der Waals surface area contributed by atoms with Crippen molar-refractivity contribution in [3.05, 3.63) is 64.7 Å². The summed E-state index contributed by atoms with van der Waals surface area (Å²) >= 11 is 0. The number of benzene rings is 2. The Labute approximate surface area is 123 Å². The van der Waals surface area contributed by atoms with Gasteiger partial charge in [-0.3, -0.25) is 0 Å². The zero-order valence-corrected chi connectivity index (χ0v) is 12.4. The molecule has 0 aliphatic carbocycles. The Hall–Kier alpha value is -1.94. The molecular weight excluding hydrogens is 272 g/mol. The van der Waals surface area contributed by atoms with Crippen LogP contribution in [-0.4, -0.2) is 13.7 Å². The zero-order chi connectivity index (χ0) is 15.4. The van der Waals surface area contributed by atoms with Gasteiger partial charge in [-0.05, 0) is 48.9 Å². The molecule has 0 heterocycles. The highest BCUT2D eigenvalue weighted by Gasteiger charge is 2.19. The van der Waals surface area contributed by atoms with Crippen LogP contribution in [0.2, 0.25) is 0 Å². The summed E-state index contributed by atoms with van der Waals surface area (Å²) in [6.07, 6.45) is 0. The number of aryl methyl sites for hydroxylation is 1. The van der Waals surface area contributed by atoms with Crippen molar-refractivity contribution in [1.82, 2.24) is 5.32 Å². The van der Waals surface area contributed by atoms with Crippen LogP contribution in [-0.2, 0) is 0 Å². The molecule has 2 aromatic rings. The van der Waals surface area contributed by atoms with Crippen molar-refractivity contribution in [2.24, 2.45) is 0 Å². The predicted octanol–water partition coefficient (Wildman–Crippen LogP) is 3.98. The number of rotatable bonds is 5. The van der Waals surface area contributed by atoms with E-state index < -0.39 is 0 Å². The van der Waals surface area contributed by atoms with E-state index in [0.717, 1.165) is 5.56 Å². The zero-order valence-electron chi connectivity index (χ0n) is 12.4. The molecule has 0 radical (unpaired) electrons. The first kappa shape index (κ1) is 15.4. The minimum atomic E-state index is -0.346. The molecule has 0 aliphatic heterocycles. The van der Waals surface area contributed by atoms with Crippen molar-refractivity contribution in [3.63, 3.8) is 0 Å². The molecule has 112 valence electrons. The van der Waals surface area contributed by atoms with Gasteiger partial charge in [-0.15, -0.1) is 0 Å². The largest absolute Gasteiger partial charge is 0.496 e. The third-order valence-electron chi connectivity index (χ3n) is 3.44. The molecule has 0 aromatic heterocycles. The first-order chi connectivity index (χ1) is 10.1. The maximum atomic E-state index is 13.8. The fraction of sp³-hybridized carbons (Fsp3) is 0.294. The van der Waals surface area contributed by atoms with E-state index in [0.29, 0.717) is 23.4 Å². The van der Waals surface area contributed by atoms with E-state index >= 15 is 0 Å². The molecule has 0 fully saturated rings. The molecule has 0 amide bonds. The van der Waals surface area contributed by atoms with Gasteiger partial charge < -0.3 is 10.1 Å². The molecule has 1 unspecified atom stereocenters. The average molecular weight is 291 g/mol. The molecular formula is C17H19F2NO. The minimum absolute atomic E-state index is 0.272. The predicted molar refractivity (Wildman–Crippen MR) is 79.6 cm³/mol. The molecule has 0 saturated carbocycles. The molecule has 0 aliphatic rings. The number of halogens is 2. The number of methoxy groups -OCH3 is 1.